The second-order valence-electron chi connectivity index (χ2n) is 19.5. The third kappa shape index (κ3) is 9.17. The Balaban J connectivity index is 0.886. The molecule has 4 aromatic rings. The highest BCUT2D eigenvalue weighted by molar-refractivity contribution is 6.74. The van der Waals surface area contributed by atoms with Crippen LogP contribution in [0.3, 0.4) is 0 Å². The molecule has 0 spiro atoms. The lowest BCUT2D eigenvalue weighted by Gasteiger charge is -2.45. The maximum absolute atomic E-state index is 14.1. The van der Waals surface area contributed by atoms with Crippen molar-refractivity contribution in [1.82, 2.24) is 20.1 Å². The van der Waals surface area contributed by atoms with E-state index in [9.17, 15) is 19.5 Å². The molecule has 2 atom stereocenters. The van der Waals surface area contributed by atoms with Crippen LogP contribution in [0, 0.1) is 5.92 Å². The maximum Gasteiger partial charge on any atom is 0.316 e. The van der Waals surface area contributed by atoms with Crippen LogP contribution in [0.15, 0.2) is 77.6 Å². The number of amides is 1. The van der Waals surface area contributed by atoms with Crippen LogP contribution in [-0.2, 0) is 32.5 Å². The van der Waals surface area contributed by atoms with Crippen LogP contribution in [-0.4, -0.2) is 78.9 Å². The number of aromatic amines is 1. The van der Waals surface area contributed by atoms with Crippen molar-refractivity contribution in [2.24, 2.45) is 5.92 Å². The minimum absolute atomic E-state index is 0.0133. The number of phenols is 1. The third-order valence-corrected chi connectivity index (χ3v) is 19.0. The standard InChI is InChI=1S/C50H64N4O6Si/c1-49(2,3)61(4,5)60-43(40-17-19-42(55)46-41(40)18-20-45(56)52-46)31-51-30-35-15-16-39-37(28-35)32-54(47(39)57)25-10-7-12-34-13-11-14-38(29-34)50(23-8-6-9-24-50)48(58)59-44-33-53-26-21-36(44)22-27-53/h7,11-20,28-29,36,43-44,51,55H,6,8-10,21-27,30-33H2,1-5H3,(H,52,56)/b12-7+/t43-,44+/m1/s1. The lowest BCUT2D eigenvalue weighted by molar-refractivity contribution is -0.167. The lowest BCUT2D eigenvalue weighted by atomic mass is 9.69. The predicted molar refractivity (Wildman–Crippen MR) is 244 cm³/mol. The fourth-order valence-corrected chi connectivity index (χ4v) is 11.1. The highest BCUT2D eigenvalue weighted by Gasteiger charge is 2.46. The number of carbonyl (C=O) groups excluding carboxylic acids is 2. The van der Waals surface area contributed by atoms with Gasteiger partial charge in [-0.25, -0.2) is 0 Å². The zero-order valence-corrected chi connectivity index (χ0v) is 37.7. The first kappa shape index (κ1) is 43.1. The number of hydrogen-bond acceptors (Lipinski definition) is 8. The summed E-state index contributed by atoms with van der Waals surface area (Å²) in [6, 6.07) is 21.3. The van der Waals surface area contributed by atoms with Gasteiger partial charge in [-0.1, -0.05) is 94.7 Å². The van der Waals surface area contributed by atoms with Crippen LogP contribution in [0.1, 0.15) is 116 Å². The molecule has 4 aliphatic heterocycles. The van der Waals surface area contributed by atoms with Crippen molar-refractivity contribution in [3.8, 4) is 5.75 Å². The zero-order valence-electron chi connectivity index (χ0n) is 36.7. The molecule has 4 fully saturated rings. The molecular weight excluding hydrogens is 781 g/mol. The van der Waals surface area contributed by atoms with Gasteiger partial charge in [0, 0.05) is 49.7 Å². The number of aromatic nitrogens is 1. The predicted octanol–water partition coefficient (Wildman–Crippen LogP) is 8.99. The average molecular weight is 845 g/mol. The first-order chi connectivity index (χ1) is 29.2. The van der Waals surface area contributed by atoms with E-state index in [1.54, 1.807) is 12.1 Å². The molecule has 1 saturated carbocycles. The Morgan fingerprint density at radius 2 is 1.80 bits per heavy atom. The van der Waals surface area contributed by atoms with E-state index in [1.807, 2.05) is 23.1 Å². The van der Waals surface area contributed by atoms with E-state index in [-0.39, 0.29) is 40.4 Å². The number of ether oxygens (including phenoxy) is 1. The van der Waals surface area contributed by atoms with Crippen LogP contribution in [0.4, 0.5) is 0 Å². The van der Waals surface area contributed by atoms with E-state index in [0.717, 1.165) is 110 Å². The van der Waals surface area contributed by atoms with Crippen molar-refractivity contribution in [2.45, 2.75) is 121 Å². The molecule has 10 nitrogen and oxygen atoms in total. The normalized spacial score (nSPS) is 21.9. The molecule has 5 heterocycles. The number of nitrogens with one attached hydrogen (secondary N) is 2. The van der Waals surface area contributed by atoms with Crippen LogP contribution < -0.4 is 10.9 Å². The second kappa shape index (κ2) is 17.7. The molecule has 0 unspecified atom stereocenters. The summed E-state index contributed by atoms with van der Waals surface area (Å²) in [6.45, 7) is 16.5. The molecule has 2 bridgehead atoms. The van der Waals surface area contributed by atoms with Gasteiger partial charge in [0.2, 0.25) is 5.56 Å². The maximum atomic E-state index is 14.1. The minimum atomic E-state index is -2.22. The summed E-state index contributed by atoms with van der Waals surface area (Å²) in [4.78, 5) is 46.9. The van der Waals surface area contributed by atoms with E-state index in [1.165, 1.54) is 6.07 Å². The van der Waals surface area contributed by atoms with Gasteiger partial charge in [-0.3, -0.25) is 19.3 Å². The van der Waals surface area contributed by atoms with E-state index < -0.39 is 13.7 Å². The van der Waals surface area contributed by atoms with Crippen LogP contribution in [0.5, 0.6) is 5.75 Å². The Bertz CT molecular complexity index is 2330. The van der Waals surface area contributed by atoms with Crippen LogP contribution in [0.2, 0.25) is 18.1 Å². The molecule has 0 radical (unpaired) electrons. The van der Waals surface area contributed by atoms with E-state index >= 15 is 0 Å². The van der Waals surface area contributed by atoms with Crippen molar-refractivity contribution in [3.63, 3.8) is 0 Å². The van der Waals surface area contributed by atoms with Gasteiger partial charge in [0.1, 0.15) is 11.9 Å². The quantitative estimate of drug-likeness (QED) is 0.0850. The molecule has 1 aliphatic carbocycles. The van der Waals surface area contributed by atoms with Crippen molar-refractivity contribution in [2.75, 3.05) is 32.7 Å². The van der Waals surface area contributed by atoms with Crippen molar-refractivity contribution in [1.29, 1.82) is 0 Å². The second-order valence-corrected chi connectivity index (χ2v) is 24.3. The summed E-state index contributed by atoms with van der Waals surface area (Å²) in [5.74, 6) is 0.553. The minimum Gasteiger partial charge on any atom is -0.506 e. The summed E-state index contributed by atoms with van der Waals surface area (Å²) >= 11 is 0. The van der Waals surface area contributed by atoms with Crippen molar-refractivity contribution >= 4 is 37.2 Å². The summed E-state index contributed by atoms with van der Waals surface area (Å²) in [5.41, 5.74) is 5.48. The summed E-state index contributed by atoms with van der Waals surface area (Å²) in [5, 5.41) is 14.9. The van der Waals surface area contributed by atoms with Crippen molar-refractivity contribution in [3.05, 3.63) is 117 Å². The highest BCUT2D eigenvalue weighted by Crippen LogP contribution is 2.43. The van der Waals surface area contributed by atoms with Crippen LogP contribution >= 0.6 is 0 Å². The highest BCUT2D eigenvalue weighted by atomic mass is 28.4. The molecular formula is C50H64N4O6Si. The first-order valence-corrected chi connectivity index (χ1v) is 25.5. The number of piperidine rings is 3. The number of rotatable bonds is 14. The Morgan fingerprint density at radius 3 is 2.54 bits per heavy atom. The number of carbonyl (C=O) groups is 2. The average Bonchev–Trinajstić information content (AvgIpc) is 3.56. The molecule has 5 aliphatic rings. The molecule has 61 heavy (non-hydrogen) atoms. The molecule has 1 aromatic heterocycles. The van der Waals surface area contributed by atoms with Gasteiger partial charge >= 0.3 is 5.97 Å². The van der Waals surface area contributed by atoms with Gasteiger partial charge in [-0.2, -0.15) is 0 Å². The fourth-order valence-electron chi connectivity index (χ4n) is 9.81. The topological polar surface area (TPSA) is 124 Å². The summed E-state index contributed by atoms with van der Waals surface area (Å²) in [6.07, 6.45) is 11.8. The van der Waals surface area contributed by atoms with Gasteiger partial charge in [0.25, 0.3) is 5.91 Å². The first-order valence-electron chi connectivity index (χ1n) is 22.6. The molecule has 3 saturated heterocycles. The number of benzene rings is 3. The van der Waals surface area contributed by atoms with Crippen LogP contribution in [0.25, 0.3) is 17.0 Å². The fraction of sp³-hybridized carbons (Fsp3) is 0.500. The molecule has 1 amide bonds. The van der Waals surface area contributed by atoms with Gasteiger partial charge in [0.15, 0.2) is 8.32 Å². The Labute approximate surface area is 361 Å². The number of esters is 1. The molecule has 11 heteroatoms. The number of nitrogens with zero attached hydrogens (tertiary/aromatic N) is 2. The van der Waals surface area contributed by atoms with Crippen molar-refractivity contribution < 1.29 is 23.9 Å². The molecule has 9 rings (SSSR count). The number of aromatic hydroxyl groups is 1. The number of pyridine rings is 1. The van der Waals surface area contributed by atoms with Gasteiger partial charge in [0.05, 0.1) is 17.0 Å². The molecule has 3 N–H and O–H groups in total. The largest absolute Gasteiger partial charge is 0.506 e. The Morgan fingerprint density at radius 1 is 1.02 bits per heavy atom. The SMILES string of the molecule is CC(C)(C)[Si](C)(C)O[C@H](CNCc1ccc2c(c1)CN(CC/C=C/c1cccc(C3(C(=O)O[C@H]4CN5CCC4CC5)CCCCC3)c1)C2=O)c1ccc(O)c2[nH]c(=O)ccc12. The number of phenolic OH excluding ortho intramolecular Hbond substituents is 1. The van der Waals surface area contributed by atoms with E-state index in [4.69, 9.17) is 9.16 Å². The number of hydrogen-bond donors (Lipinski definition) is 3. The summed E-state index contributed by atoms with van der Waals surface area (Å²) in [7, 11) is -2.22. The molecule has 3 aromatic carbocycles. The third-order valence-electron chi connectivity index (χ3n) is 14.5. The Kier molecular flexibility index (Phi) is 12.5. The van der Waals surface area contributed by atoms with Gasteiger partial charge in [-0.15, -0.1) is 0 Å². The smallest absolute Gasteiger partial charge is 0.316 e. The molecule has 324 valence electrons. The van der Waals surface area contributed by atoms with Gasteiger partial charge < -0.3 is 29.5 Å². The number of fused-ring (bicyclic) bond motifs is 5. The lowest BCUT2D eigenvalue weighted by Crippen LogP contribution is -2.53. The van der Waals surface area contributed by atoms with E-state index in [2.05, 4.69) is 91.5 Å². The monoisotopic (exact) mass is 844 g/mol. The van der Waals surface area contributed by atoms with E-state index in [0.29, 0.717) is 37.6 Å². The summed E-state index contributed by atoms with van der Waals surface area (Å²) < 4.78 is 13.4. The Hall–Kier alpha value is -4.55. The zero-order chi connectivity index (χ0) is 42.9. The number of H-pyrrole nitrogens is 1. The van der Waals surface area contributed by atoms with Gasteiger partial charge in [-0.05, 0) is 115 Å².